The van der Waals surface area contributed by atoms with Crippen LogP contribution in [0.25, 0.3) is 33.8 Å². The Bertz CT molecular complexity index is 1050. The number of hydrogen-bond acceptors (Lipinski definition) is 5. The highest BCUT2D eigenvalue weighted by Gasteiger charge is 2.15. The maximum Gasteiger partial charge on any atom is 0.175 e. The average molecular weight is 313 g/mol. The Labute approximate surface area is 136 Å². The molecule has 5 rings (SSSR count). The molecule has 0 bridgehead atoms. The molecule has 0 unspecified atom stereocenters. The fourth-order valence-corrected chi connectivity index (χ4v) is 2.78. The third-order valence-corrected chi connectivity index (χ3v) is 3.92. The molecule has 0 fully saturated rings. The maximum absolute atomic E-state index is 4.57. The van der Waals surface area contributed by atoms with Gasteiger partial charge in [-0.2, -0.15) is 5.10 Å². The first-order chi connectivity index (χ1) is 11.9. The Hall–Kier alpha value is -3.61. The monoisotopic (exact) mass is 313 g/mol. The number of para-hydroxylation sites is 1. The summed E-state index contributed by atoms with van der Waals surface area (Å²) in [6.07, 6.45) is 6.97. The zero-order valence-corrected chi connectivity index (χ0v) is 12.5. The standard InChI is InChI=1S/C17H11N7/c1-2-4-13(5-3-1)24-16-14(10-20-24)17-22-21-15(23(17)11-19-16)12-6-8-18-9-7-12/h1-11H. The van der Waals surface area contributed by atoms with Crippen molar-refractivity contribution in [3.63, 3.8) is 0 Å². The van der Waals surface area contributed by atoms with E-state index in [9.17, 15) is 0 Å². The van der Waals surface area contributed by atoms with Gasteiger partial charge in [-0.3, -0.25) is 9.38 Å². The van der Waals surface area contributed by atoms with Crippen LogP contribution in [-0.2, 0) is 0 Å². The second-order valence-electron chi connectivity index (χ2n) is 5.33. The molecule has 4 heterocycles. The number of pyridine rings is 1. The number of benzene rings is 1. The Kier molecular flexibility index (Phi) is 2.66. The highest BCUT2D eigenvalue weighted by Crippen LogP contribution is 2.23. The first kappa shape index (κ1) is 12.9. The van der Waals surface area contributed by atoms with Crippen molar-refractivity contribution in [1.29, 1.82) is 0 Å². The molecule has 24 heavy (non-hydrogen) atoms. The molecule has 5 aromatic rings. The van der Waals surface area contributed by atoms with E-state index < -0.39 is 0 Å². The molecule has 0 aliphatic carbocycles. The van der Waals surface area contributed by atoms with Gasteiger partial charge in [0.15, 0.2) is 17.1 Å². The molecular weight excluding hydrogens is 302 g/mol. The van der Waals surface area contributed by atoms with Gasteiger partial charge in [-0.1, -0.05) is 18.2 Å². The number of fused-ring (bicyclic) bond motifs is 3. The molecule has 0 spiro atoms. The maximum atomic E-state index is 4.57. The average Bonchev–Trinajstić information content (AvgIpc) is 3.27. The highest BCUT2D eigenvalue weighted by molar-refractivity contribution is 5.90. The molecule has 0 aliphatic rings. The molecule has 114 valence electrons. The zero-order valence-electron chi connectivity index (χ0n) is 12.5. The molecular formula is C17H11N7. The van der Waals surface area contributed by atoms with Crippen molar-refractivity contribution < 1.29 is 0 Å². The van der Waals surface area contributed by atoms with Crippen LogP contribution in [-0.4, -0.2) is 34.3 Å². The van der Waals surface area contributed by atoms with E-state index in [1.54, 1.807) is 29.6 Å². The third-order valence-electron chi connectivity index (χ3n) is 3.92. The summed E-state index contributed by atoms with van der Waals surface area (Å²) in [4.78, 5) is 8.61. The Balaban J connectivity index is 1.76. The molecule has 0 atom stereocenters. The summed E-state index contributed by atoms with van der Waals surface area (Å²) in [7, 11) is 0. The van der Waals surface area contributed by atoms with E-state index >= 15 is 0 Å². The number of aromatic nitrogens is 7. The van der Waals surface area contributed by atoms with Crippen molar-refractivity contribution in [1.82, 2.24) is 34.3 Å². The van der Waals surface area contributed by atoms with Crippen molar-refractivity contribution in [3.05, 3.63) is 67.4 Å². The van der Waals surface area contributed by atoms with Gasteiger partial charge in [-0.15, -0.1) is 10.2 Å². The second-order valence-corrected chi connectivity index (χ2v) is 5.33. The first-order valence-electron chi connectivity index (χ1n) is 7.45. The lowest BCUT2D eigenvalue weighted by Crippen LogP contribution is -1.98. The lowest BCUT2D eigenvalue weighted by atomic mass is 10.2. The topological polar surface area (TPSA) is 73.8 Å². The minimum absolute atomic E-state index is 0.731. The molecule has 0 saturated carbocycles. The first-order valence-corrected chi connectivity index (χ1v) is 7.45. The van der Waals surface area contributed by atoms with E-state index in [0.717, 1.165) is 33.8 Å². The molecule has 7 nitrogen and oxygen atoms in total. The highest BCUT2D eigenvalue weighted by atomic mass is 15.3. The van der Waals surface area contributed by atoms with Crippen molar-refractivity contribution in [2.75, 3.05) is 0 Å². The Morgan fingerprint density at radius 1 is 0.833 bits per heavy atom. The van der Waals surface area contributed by atoms with Crippen LogP contribution in [0, 0.1) is 0 Å². The molecule has 0 amide bonds. The summed E-state index contributed by atoms with van der Waals surface area (Å²) in [5.41, 5.74) is 3.38. The van der Waals surface area contributed by atoms with E-state index in [-0.39, 0.29) is 0 Å². The molecule has 0 aliphatic heterocycles. The summed E-state index contributed by atoms with van der Waals surface area (Å²) < 4.78 is 3.67. The van der Waals surface area contributed by atoms with Crippen molar-refractivity contribution in [2.24, 2.45) is 0 Å². The minimum Gasteiger partial charge on any atom is -0.265 e. The predicted molar refractivity (Wildman–Crippen MR) is 88.6 cm³/mol. The fraction of sp³-hybridized carbons (Fsp3) is 0. The van der Waals surface area contributed by atoms with E-state index in [1.807, 2.05) is 46.9 Å². The molecule has 7 heteroatoms. The lowest BCUT2D eigenvalue weighted by molar-refractivity contribution is 0.893. The van der Waals surface area contributed by atoms with E-state index in [1.165, 1.54) is 0 Å². The molecule has 0 radical (unpaired) electrons. The largest absolute Gasteiger partial charge is 0.265 e. The fourth-order valence-electron chi connectivity index (χ4n) is 2.78. The SMILES string of the molecule is c1ccc(-n2ncc3c2ncn2c(-c4ccncc4)nnc32)cc1. The number of nitrogens with zero attached hydrogens (tertiary/aromatic N) is 7. The summed E-state index contributed by atoms with van der Waals surface area (Å²) in [5, 5.41) is 14.0. The quantitative estimate of drug-likeness (QED) is 0.500. The van der Waals surface area contributed by atoms with Crippen LogP contribution in [0.3, 0.4) is 0 Å². The van der Waals surface area contributed by atoms with Crippen molar-refractivity contribution in [3.8, 4) is 17.1 Å². The van der Waals surface area contributed by atoms with Crippen LogP contribution in [0.15, 0.2) is 67.4 Å². The lowest BCUT2D eigenvalue weighted by Gasteiger charge is -2.03. The van der Waals surface area contributed by atoms with E-state index in [4.69, 9.17) is 0 Å². The molecule has 4 aromatic heterocycles. The van der Waals surface area contributed by atoms with Gasteiger partial charge in [0.25, 0.3) is 0 Å². The van der Waals surface area contributed by atoms with E-state index in [2.05, 4.69) is 25.3 Å². The zero-order chi connectivity index (χ0) is 15.9. The molecule has 1 aromatic carbocycles. The Morgan fingerprint density at radius 3 is 2.50 bits per heavy atom. The summed E-state index contributed by atoms with van der Waals surface area (Å²) in [6.45, 7) is 0. The third kappa shape index (κ3) is 1.81. The van der Waals surface area contributed by atoms with E-state index in [0.29, 0.717) is 0 Å². The van der Waals surface area contributed by atoms with Gasteiger partial charge in [-0.25, -0.2) is 9.67 Å². The van der Waals surface area contributed by atoms with Gasteiger partial charge in [0, 0.05) is 18.0 Å². The Morgan fingerprint density at radius 2 is 1.67 bits per heavy atom. The second kappa shape index (κ2) is 4.95. The normalized spacial score (nSPS) is 11.3. The minimum atomic E-state index is 0.731. The van der Waals surface area contributed by atoms with Crippen LogP contribution in [0.4, 0.5) is 0 Å². The molecule has 0 saturated heterocycles. The summed E-state index contributed by atoms with van der Waals surface area (Å²) in [6, 6.07) is 13.7. The van der Waals surface area contributed by atoms with Crippen molar-refractivity contribution in [2.45, 2.75) is 0 Å². The van der Waals surface area contributed by atoms with Gasteiger partial charge in [0.1, 0.15) is 6.33 Å². The van der Waals surface area contributed by atoms with Gasteiger partial charge in [0.2, 0.25) is 0 Å². The van der Waals surface area contributed by atoms with Crippen LogP contribution >= 0.6 is 0 Å². The van der Waals surface area contributed by atoms with Gasteiger partial charge >= 0.3 is 0 Å². The summed E-state index contributed by atoms with van der Waals surface area (Å²) >= 11 is 0. The van der Waals surface area contributed by atoms with Gasteiger partial charge in [0.05, 0.1) is 17.3 Å². The van der Waals surface area contributed by atoms with Crippen LogP contribution in [0.1, 0.15) is 0 Å². The predicted octanol–water partition coefficient (Wildman–Crippen LogP) is 2.53. The van der Waals surface area contributed by atoms with Crippen LogP contribution in [0.5, 0.6) is 0 Å². The van der Waals surface area contributed by atoms with Crippen molar-refractivity contribution >= 4 is 16.7 Å². The van der Waals surface area contributed by atoms with Gasteiger partial charge in [-0.05, 0) is 24.3 Å². The van der Waals surface area contributed by atoms with Gasteiger partial charge < -0.3 is 0 Å². The summed E-state index contributed by atoms with van der Waals surface area (Å²) in [5.74, 6) is 0.731. The number of hydrogen-bond donors (Lipinski definition) is 0. The molecule has 0 N–H and O–H groups in total. The van der Waals surface area contributed by atoms with Crippen LogP contribution < -0.4 is 0 Å². The van der Waals surface area contributed by atoms with Crippen LogP contribution in [0.2, 0.25) is 0 Å². The number of rotatable bonds is 2. The smallest absolute Gasteiger partial charge is 0.175 e.